The van der Waals surface area contributed by atoms with Crippen molar-refractivity contribution in [2.24, 2.45) is 0 Å². The molecule has 8 nitrogen and oxygen atoms in total. The van der Waals surface area contributed by atoms with Crippen LogP contribution in [-0.2, 0) is 11.3 Å². The summed E-state index contributed by atoms with van der Waals surface area (Å²) in [5.41, 5.74) is 1.99. The lowest BCUT2D eigenvalue weighted by Gasteiger charge is -2.06. The number of hydrogen-bond acceptors (Lipinski definition) is 6. The molecular weight excluding hydrogens is 402 g/mol. The van der Waals surface area contributed by atoms with Crippen molar-refractivity contribution in [1.82, 2.24) is 25.6 Å². The molecule has 4 rings (SSSR count). The lowest BCUT2D eigenvalue weighted by Crippen LogP contribution is -2.38. The van der Waals surface area contributed by atoms with Crippen LogP contribution in [0.1, 0.15) is 15.4 Å². The van der Waals surface area contributed by atoms with E-state index < -0.39 is 5.91 Å². The quantitative estimate of drug-likeness (QED) is 0.442. The minimum absolute atomic E-state index is 0.0385. The number of nitrogens with one attached hydrogen (secondary N) is 3. The van der Waals surface area contributed by atoms with Gasteiger partial charge in [-0.3, -0.25) is 19.4 Å². The van der Waals surface area contributed by atoms with Gasteiger partial charge in [0.2, 0.25) is 11.3 Å². The van der Waals surface area contributed by atoms with Crippen LogP contribution in [0.4, 0.5) is 0 Å². The molecule has 0 aliphatic heterocycles. The maximum absolute atomic E-state index is 12.5. The van der Waals surface area contributed by atoms with Gasteiger partial charge in [-0.25, -0.2) is 4.98 Å². The first-order valence-electron chi connectivity index (χ1n) is 9.12. The first kappa shape index (κ1) is 19.5. The molecule has 9 heteroatoms. The molecule has 2 amide bonds. The maximum atomic E-state index is 12.5. The van der Waals surface area contributed by atoms with Gasteiger partial charge in [-0.15, -0.1) is 11.3 Å². The summed E-state index contributed by atoms with van der Waals surface area (Å²) in [6.07, 6.45) is 4.74. The van der Waals surface area contributed by atoms with Crippen LogP contribution < -0.4 is 16.1 Å². The molecule has 0 unspecified atom stereocenters. The molecular formula is C21H17N5O3S. The number of para-hydroxylation sites is 1. The van der Waals surface area contributed by atoms with Crippen molar-refractivity contribution in [3.8, 4) is 11.3 Å². The number of aromatic nitrogens is 3. The Morgan fingerprint density at radius 2 is 1.87 bits per heavy atom. The lowest BCUT2D eigenvalue weighted by molar-refractivity contribution is -0.120. The van der Waals surface area contributed by atoms with Gasteiger partial charge < -0.3 is 15.6 Å². The number of carbonyl (C=O) groups excluding carboxylic acids is 2. The van der Waals surface area contributed by atoms with Crippen molar-refractivity contribution in [3.63, 3.8) is 0 Å². The fraction of sp³-hybridized carbons (Fsp3) is 0.0952. The topological polar surface area (TPSA) is 117 Å². The third-order valence-corrected chi connectivity index (χ3v) is 5.26. The van der Waals surface area contributed by atoms with Crippen molar-refractivity contribution in [2.45, 2.75) is 6.54 Å². The summed E-state index contributed by atoms with van der Waals surface area (Å²) in [6, 6.07) is 10.6. The van der Waals surface area contributed by atoms with E-state index in [1.807, 2.05) is 17.5 Å². The molecule has 0 aliphatic rings. The average Bonchev–Trinajstić information content (AvgIpc) is 3.26. The van der Waals surface area contributed by atoms with Gasteiger partial charge >= 0.3 is 0 Å². The zero-order valence-corrected chi connectivity index (χ0v) is 16.5. The van der Waals surface area contributed by atoms with Crippen molar-refractivity contribution < 1.29 is 9.59 Å². The summed E-state index contributed by atoms with van der Waals surface area (Å²) >= 11 is 1.43. The van der Waals surface area contributed by atoms with Crippen LogP contribution >= 0.6 is 11.3 Å². The first-order valence-corrected chi connectivity index (χ1v) is 10.00. The summed E-state index contributed by atoms with van der Waals surface area (Å²) in [5.74, 6) is -0.979. The largest absolute Gasteiger partial charge is 0.360 e. The molecule has 0 saturated carbocycles. The molecule has 0 radical (unpaired) electrons. The van der Waals surface area contributed by atoms with E-state index in [0.717, 1.165) is 16.3 Å². The molecule has 4 aromatic rings. The molecule has 3 heterocycles. The summed E-state index contributed by atoms with van der Waals surface area (Å²) in [6.45, 7) is 0.00863. The molecule has 0 aliphatic carbocycles. The molecule has 0 bridgehead atoms. The van der Waals surface area contributed by atoms with Crippen LogP contribution in [0.3, 0.4) is 0 Å². The fourth-order valence-electron chi connectivity index (χ4n) is 2.88. The summed E-state index contributed by atoms with van der Waals surface area (Å²) < 4.78 is 0. The number of thiazole rings is 1. The number of H-pyrrole nitrogens is 1. The molecule has 0 saturated heterocycles. The Labute approximate surface area is 175 Å². The Morgan fingerprint density at radius 3 is 2.70 bits per heavy atom. The van der Waals surface area contributed by atoms with Gasteiger partial charge in [0.15, 0.2) is 0 Å². The van der Waals surface area contributed by atoms with Crippen LogP contribution in [0, 0.1) is 0 Å². The highest BCUT2D eigenvalue weighted by Gasteiger charge is 2.14. The number of aromatic amines is 1. The van der Waals surface area contributed by atoms with E-state index in [9.17, 15) is 14.4 Å². The summed E-state index contributed by atoms with van der Waals surface area (Å²) in [5, 5.41) is 8.26. The SMILES string of the molecule is O=C(CNC(=O)c1c[nH]c2ccccc2c1=O)NCc1nc(-c2ccncc2)cs1. The van der Waals surface area contributed by atoms with Crippen molar-refractivity contribution >= 4 is 34.1 Å². The van der Waals surface area contributed by atoms with Crippen LogP contribution in [0.25, 0.3) is 22.2 Å². The van der Waals surface area contributed by atoms with Gasteiger partial charge in [-0.05, 0) is 24.3 Å². The van der Waals surface area contributed by atoms with Crippen molar-refractivity contribution in [2.75, 3.05) is 6.54 Å². The predicted molar refractivity (Wildman–Crippen MR) is 114 cm³/mol. The van der Waals surface area contributed by atoms with Crippen LogP contribution in [0.5, 0.6) is 0 Å². The third kappa shape index (κ3) is 4.26. The Morgan fingerprint density at radius 1 is 1.07 bits per heavy atom. The Kier molecular flexibility index (Phi) is 5.62. The van der Waals surface area contributed by atoms with E-state index in [-0.39, 0.29) is 30.0 Å². The number of amides is 2. The van der Waals surface area contributed by atoms with Gasteiger partial charge in [0.05, 0.1) is 18.8 Å². The van der Waals surface area contributed by atoms with Gasteiger partial charge in [0.1, 0.15) is 10.6 Å². The number of carbonyl (C=O) groups is 2. The van der Waals surface area contributed by atoms with Gasteiger partial charge in [-0.2, -0.15) is 0 Å². The predicted octanol–water partition coefficient (Wildman–Crippen LogP) is 2.09. The number of nitrogens with zero attached hydrogens (tertiary/aromatic N) is 2. The van der Waals surface area contributed by atoms with Crippen LogP contribution in [-0.4, -0.2) is 33.3 Å². The molecule has 30 heavy (non-hydrogen) atoms. The fourth-order valence-corrected chi connectivity index (χ4v) is 3.62. The van der Waals surface area contributed by atoms with E-state index in [2.05, 4.69) is 25.6 Å². The van der Waals surface area contributed by atoms with E-state index in [1.54, 1.807) is 36.7 Å². The smallest absolute Gasteiger partial charge is 0.257 e. The number of rotatable bonds is 6. The maximum Gasteiger partial charge on any atom is 0.257 e. The average molecular weight is 419 g/mol. The number of hydrogen-bond donors (Lipinski definition) is 3. The molecule has 3 N–H and O–H groups in total. The molecule has 0 fully saturated rings. The van der Waals surface area contributed by atoms with Crippen molar-refractivity contribution in [1.29, 1.82) is 0 Å². The van der Waals surface area contributed by atoms with E-state index in [0.29, 0.717) is 10.9 Å². The minimum atomic E-state index is -0.605. The Balaban J connectivity index is 1.32. The van der Waals surface area contributed by atoms with E-state index >= 15 is 0 Å². The number of benzene rings is 1. The van der Waals surface area contributed by atoms with Gasteiger partial charge in [0.25, 0.3) is 5.91 Å². The number of fused-ring (bicyclic) bond motifs is 1. The second-order valence-electron chi connectivity index (χ2n) is 6.40. The van der Waals surface area contributed by atoms with Gasteiger partial charge in [-0.1, -0.05) is 12.1 Å². The number of pyridine rings is 2. The van der Waals surface area contributed by atoms with Crippen molar-refractivity contribution in [3.05, 3.63) is 81.2 Å². The molecule has 1 aromatic carbocycles. The normalized spacial score (nSPS) is 10.7. The molecule has 3 aromatic heterocycles. The van der Waals surface area contributed by atoms with Crippen LogP contribution in [0.2, 0.25) is 0 Å². The molecule has 150 valence electrons. The van der Waals surface area contributed by atoms with Gasteiger partial charge in [0, 0.05) is 40.4 Å². The molecule has 0 spiro atoms. The Hall–Kier alpha value is -3.85. The van der Waals surface area contributed by atoms with E-state index in [4.69, 9.17) is 0 Å². The third-order valence-electron chi connectivity index (χ3n) is 4.41. The zero-order valence-electron chi connectivity index (χ0n) is 15.7. The monoisotopic (exact) mass is 419 g/mol. The highest BCUT2D eigenvalue weighted by atomic mass is 32.1. The summed E-state index contributed by atoms with van der Waals surface area (Å²) in [7, 11) is 0. The zero-order chi connectivity index (χ0) is 20.9. The minimum Gasteiger partial charge on any atom is -0.360 e. The lowest BCUT2D eigenvalue weighted by atomic mass is 10.1. The first-order chi connectivity index (χ1) is 14.6. The highest BCUT2D eigenvalue weighted by molar-refractivity contribution is 7.09. The van der Waals surface area contributed by atoms with Crippen LogP contribution in [0.15, 0.2) is 65.2 Å². The second kappa shape index (κ2) is 8.66. The second-order valence-corrected chi connectivity index (χ2v) is 7.34. The Bertz CT molecular complexity index is 1270. The van der Waals surface area contributed by atoms with E-state index in [1.165, 1.54) is 17.5 Å². The summed E-state index contributed by atoms with van der Waals surface area (Å²) in [4.78, 5) is 48.2. The standard InChI is InChI=1S/C21H17N5O3S/c27-18(24-11-19-26-17(12-30-19)13-5-7-22-8-6-13)10-25-21(29)15-9-23-16-4-2-1-3-14(16)20(15)28/h1-9,12H,10-11H2,(H,23,28)(H,24,27)(H,25,29). The molecule has 0 atom stereocenters. The highest BCUT2D eigenvalue weighted by Crippen LogP contribution is 2.20.